The van der Waals surface area contributed by atoms with E-state index in [-0.39, 0.29) is 30.6 Å². The zero-order chi connectivity index (χ0) is 22.9. The van der Waals surface area contributed by atoms with E-state index in [0.29, 0.717) is 6.54 Å². The summed E-state index contributed by atoms with van der Waals surface area (Å²) in [5, 5.41) is 5.41. The second kappa shape index (κ2) is 11.4. The first-order chi connectivity index (χ1) is 14.7. The number of nitrogens with zero attached hydrogens (tertiary/aromatic N) is 1. The number of rotatable bonds is 9. The fourth-order valence-electron chi connectivity index (χ4n) is 3.01. The van der Waals surface area contributed by atoms with E-state index in [0.717, 1.165) is 30.5 Å². The van der Waals surface area contributed by atoms with Crippen molar-refractivity contribution in [2.24, 2.45) is 0 Å². The molecule has 2 N–H and O–H groups in total. The predicted octanol–water partition coefficient (Wildman–Crippen LogP) is 5.61. The number of nitrogens with one attached hydrogen (secondary N) is 2. The molecule has 2 aromatic rings. The van der Waals surface area contributed by atoms with Crippen molar-refractivity contribution in [2.75, 3.05) is 18.4 Å². The van der Waals surface area contributed by atoms with E-state index in [1.807, 2.05) is 44.2 Å². The molecule has 0 bridgehead atoms. The monoisotopic (exact) mass is 435 g/mol. The maximum absolute atomic E-state index is 12.9. The Morgan fingerprint density at radius 1 is 1.03 bits per heavy atom. The molecule has 31 heavy (non-hydrogen) atoms. The quantitative estimate of drug-likeness (QED) is 0.538. The van der Waals surface area contributed by atoms with Crippen molar-refractivity contribution in [2.45, 2.75) is 45.3 Å². The average Bonchev–Trinajstić information content (AvgIpc) is 2.74. The fraction of sp³-hybridized carbons (Fsp3) is 0.391. The molecule has 1 atom stereocenters. The lowest BCUT2D eigenvalue weighted by Gasteiger charge is -2.23. The second-order valence-corrected chi connectivity index (χ2v) is 7.30. The number of urea groups is 1. The number of carbonyl (C=O) groups excluding carboxylic acids is 2. The molecule has 0 aromatic heterocycles. The number of hydrogen-bond donors (Lipinski definition) is 2. The van der Waals surface area contributed by atoms with Gasteiger partial charge in [-0.3, -0.25) is 4.79 Å². The summed E-state index contributed by atoms with van der Waals surface area (Å²) in [4.78, 5) is 26.4. The van der Waals surface area contributed by atoms with Crippen LogP contribution in [0.15, 0.2) is 54.6 Å². The van der Waals surface area contributed by atoms with Crippen LogP contribution in [-0.2, 0) is 11.0 Å². The number of hydrogen-bond acceptors (Lipinski definition) is 2. The third kappa shape index (κ3) is 7.96. The van der Waals surface area contributed by atoms with Crippen molar-refractivity contribution in [1.82, 2.24) is 10.2 Å². The second-order valence-electron chi connectivity index (χ2n) is 7.30. The van der Waals surface area contributed by atoms with Crippen molar-refractivity contribution in [3.05, 3.63) is 65.7 Å². The number of amides is 3. The Hall–Kier alpha value is -3.03. The lowest BCUT2D eigenvalue weighted by atomic mass is 10.1. The maximum Gasteiger partial charge on any atom is 0.416 e. The molecule has 0 heterocycles. The highest BCUT2D eigenvalue weighted by atomic mass is 19.4. The molecule has 0 aliphatic heterocycles. The number of halogens is 3. The Morgan fingerprint density at radius 3 is 2.39 bits per heavy atom. The molecule has 0 aliphatic carbocycles. The van der Waals surface area contributed by atoms with Crippen LogP contribution in [-0.4, -0.2) is 29.9 Å². The average molecular weight is 435 g/mol. The molecule has 0 saturated carbocycles. The summed E-state index contributed by atoms with van der Waals surface area (Å²) in [7, 11) is 0. The zero-order valence-corrected chi connectivity index (χ0v) is 17.7. The van der Waals surface area contributed by atoms with Gasteiger partial charge in [0.25, 0.3) is 0 Å². The van der Waals surface area contributed by atoms with Crippen molar-refractivity contribution in [3.63, 3.8) is 0 Å². The normalized spacial score (nSPS) is 12.2. The highest BCUT2D eigenvalue weighted by Gasteiger charge is 2.30. The fourth-order valence-corrected chi connectivity index (χ4v) is 3.01. The summed E-state index contributed by atoms with van der Waals surface area (Å²) in [5.74, 6) is -0.204. The van der Waals surface area contributed by atoms with Gasteiger partial charge in [0, 0.05) is 25.2 Å². The predicted molar refractivity (Wildman–Crippen MR) is 115 cm³/mol. The van der Waals surface area contributed by atoms with E-state index >= 15 is 0 Å². The molecule has 2 rings (SSSR count). The smallest absolute Gasteiger partial charge is 0.350 e. The van der Waals surface area contributed by atoms with Gasteiger partial charge in [0.05, 0.1) is 11.6 Å². The molecule has 3 amide bonds. The standard InChI is InChI=1S/C23H28F3N3O2/c1-3-4-14-29(15-13-21(30)27-17(2)18-9-6-5-7-10-18)22(31)28-20-12-8-11-19(16-20)23(24,25)26/h5-12,16-17H,3-4,13-15H2,1-2H3,(H,27,30)(H,28,31). The lowest BCUT2D eigenvalue weighted by molar-refractivity contribution is -0.137. The van der Waals surface area contributed by atoms with Gasteiger partial charge < -0.3 is 15.5 Å². The third-order valence-electron chi connectivity index (χ3n) is 4.80. The maximum atomic E-state index is 12.9. The van der Waals surface area contributed by atoms with Crippen molar-refractivity contribution >= 4 is 17.6 Å². The van der Waals surface area contributed by atoms with Gasteiger partial charge in [-0.15, -0.1) is 0 Å². The molecular formula is C23H28F3N3O2. The van der Waals surface area contributed by atoms with Crippen LogP contribution in [0.4, 0.5) is 23.7 Å². The molecule has 5 nitrogen and oxygen atoms in total. The molecule has 2 aromatic carbocycles. The van der Waals surface area contributed by atoms with Gasteiger partial charge in [-0.1, -0.05) is 49.7 Å². The van der Waals surface area contributed by atoms with Crippen LogP contribution in [0.25, 0.3) is 0 Å². The van der Waals surface area contributed by atoms with E-state index in [1.165, 1.54) is 17.0 Å². The van der Waals surface area contributed by atoms with E-state index < -0.39 is 17.8 Å². The van der Waals surface area contributed by atoms with Gasteiger partial charge in [0.1, 0.15) is 0 Å². The zero-order valence-electron chi connectivity index (χ0n) is 17.7. The van der Waals surface area contributed by atoms with Crippen molar-refractivity contribution < 1.29 is 22.8 Å². The number of alkyl halides is 3. The van der Waals surface area contributed by atoms with E-state index in [4.69, 9.17) is 0 Å². The Labute approximate surface area is 180 Å². The third-order valence-corrected chi connectivity index (χ3v) is 4.80. The molecule has 0 saturated heterocycles. The Balaban J connectivity index is 1.96. The van der Waals surface area contributed by atoms with Gasteiger partial charge in [0.2, 0.25) is 5.91 Å². The minimum absolute atomic E-state index is 0.0588. The summed E-state index contributed by atoms with van der Waals surface area (Å²) >= 11 is 0. The van der Waals surface area contributed by atoms with Crippen LogP contribution in [0.2, 0.25) is 0 Å². The topological polar surface area (TPSA) is 61.4 Å². The summed E-state index contributed by atoms with van der Waals surface area (Å²) < 4.78 is 38.7. The minimum atomic E-state index is -4.49. The van der Waals surface area contributed by atoms with E-state index in [9.17, 15) is 22.8 Å². The Kier molecular flexibility index (Phi) is 8.90. The molecule has 8 heteroatoms. The number of carbonyl (C=O) groups is 2. The first-order valence-corrected chi connectivity index (χ1v) is 10.3. The van der Waals surface area contributed by atoms with Crippen molar-refractivity contribution in [1.29, 1.82) is 0 Å². The molecule has 1 unspecified atom stereocenters. The lowest BCUT2D eigenvalue weighted by Crippen LogP contribution is -2.39. The highest BCUT2D eigenvalue weighted by Crippen LogP contribution is 2.30. The van der Waals surface area contributed by atoms with Gasteiger partial charge in [0.15, 0.2) is 0 Å². The summed E-state index contributed by atoms with van der Waals surface area (Å²) in [6.07, 6.45) is -2.84. The van der Waals surface area contributed by atoms with Gasteiger partial charge in [-0.2, -0.15) is 13.2 Å². The van der Waals surface area contributed by atoms with E-state index in [1.54, 1.807) is 0 Å². The molecular weight excluding hydrogens is 407 g/mol. The summed E-state index contributed by atoms with van der Waals surface area (Å²) in [5.41, 5.74) is 0.198. The molecule has 0 spiro atoms. The number of unbranched alkanes of at least 4 members (excludes halogenated alkanes) is 1. The van der Waals surface area contributed by atoms with Crippen LogP contribution in [0, 0.1) is 0 Å². The Morgan fingerprint density at radius 2 is 1.74 bits per heavy atom. The van der Waals surface area contributed by atoms with Crippen molar-refractivity contribution in [3.8, 4) is 0 Å². The molecule has 0 aliphatic rings. The number of benzene rings is 2. The van der Waals surface area contributed by atoms with Gasteiger partial charge in [-0.25, -0.2) is 4.79 Å². The minimum Gasteiger partial charge on any atom is -0.350 e. The van der Waals surface area contributed by atoms with Crippen LogP contribution >= 0.6 is 0 Å². The van der Waals surface area contributed by atoms with Crippen LogP contribution in [0.5, 0.6) is 0 Å². The SMILES string of the molecule is CCCCN(CCC(=O)NC(C)c1ccccc1)C(=O)Nc1cccc(C(F)(F)F)c1. The highest BCUT2D eigenvalue weighted by molar-refractivity contribution is 5.89. The van der Waals surface area contributed by atoms with Crippen LogP contribution in [0.3, 0.4) is 0 Å². The number of anilines is 1. The van der Waals surface area contributed by atoms with Crippen LogP contribution in [0.1, 0.15) is 50.3 Å². The summed E-state index contributed by atoms with van der Waals surface area (Å²) in [6.45, 7) is 4.42. The molecule has 0 radical (unpaired) electrons. The molecule has 168 valence electrons. The van der Waals surface area contributed by atoms with Crippen LogP contribution < -0.4 is 10.6 Å². The van der Waals surface area contributed by atoms with E-state index in [2.05, 4.69) is 10.6 Å². The van der Waals surface area contributed by atoms with Gasteiger partial charge >= 0.3 is 12.2 Å². The Bertz CT molecular complexity index is 857. The molecule has 0 fully saturated rings. The summed E-state index contributed by atoms with van der Waals surface area (Å²) in [6, 6.07) is 13.3. The largest absolute Gasteiger partial charge is 0.416 e. The first kappa shape index (κ1) is 24.2. The van der Waals surface area contributed by atoms with Gasteiger partial charge in [-0.05, 0) is 37.1 Å². The first-order valence-electron chi connectivity index (χ1n) is 10.3.